The molecule has 0 radical (unpaired) electrons. The Bertz CT molecular complexity index is 409. The topological polar surface area (TPSA) is 26.0 Å². The summed E-state index contributed by atoms with van der Waals surface area (Å²) in [5.41, 5.74) is 7.37. The van der Waals surface area contributed by atoms with Gasteiger partial charge in [-0.15, -0.1) is 23.1 Å². The summed E-state index contributed by atoms with van der Waals surface area (Å²) in [6.07, 6.45) is 0. The van der Waals surface area contributed by atoms with Crippen molar-refractivity contribution in [2.75, 3.05) is 0 Å². The van der Waals surface area contributed by atoms with Crippen molar-refractivity contribution in [2.45, 2.75) is 22.4 Å². The Balaban J connectivity index is 2.18. The van der Waals surface area contributed by atoms with Crippen LogP contribution in [-0.2, 0) is 0 Å². The zero-order valence-corrected chi connectivity index (χ0v) is 10.8. The fourth-order valence-electron chi connectivity index (χ4n) is 1.58. The van der Waals surface area contributed by atoms with Crippen LogP contribution < -0.4 is 5.73 Å². The second kappa shape index (κ2) is 5.53. The Morgan fingerprint density at radius 2 is 1.88 bits per heavy atom. The third-order valence-electron chi connectivity index (χ3n) is 2.34. The highest BCUT2D eigenvalue weighted by Gasteiger charge is 2.17. The maximum atomic E-state index is 6.07. The zero-order valence-electron chi connectivity index (χ0n) is 9.17. The van der Waals surface area contributed by atoms with Gasteiger partial charge in [-0.25, -0.2) is 0 Å². The van der Waals surface area contributed by atoms with Crippen LogP contribution in [0.3, 0.4) is 0 Å². The molecule has 1 heterocycles. The van der Waals surface area contributed by atoms with Crippen molar-refractivity contribution in [3.63, 3.8) is 0 Å². The predicted molar refractivity (Wildman–Crippen MR) is 73.0 cm³/mol. The minimum Gasteiger partial charge on any atom is -0.327 e. The Morgan fingerprint density at radius 3 is 2.44 bits per heavy atom. The van der Waals surface area contributed by atoms with Gasteiger partial charge in [-0.05, 0) is 23.9 Å². The largest absolute Gasteiger partial charge is 0.327 e. The van der Waals surface area contributed by atoms with Crippen LogP contribution in [0.4, 0.5) is 0 Å². The first-order chi connectivity index (χ1) is 7.77. The SMILES string of the molecule is CC(N)C(Sc1cccs1)c1ccccc1. The summed E-state index contributed by atoms with van der Waals surface area (Å²) in [6.45, 7) is 2.07. The van der Waals surface area contributed by atoms with Gasteiger partial charge in [0.2, 0.25) is 0 Å². The molecule has 2 rings (SSSR count). The van der Waals surface area contributed by atoms with Gasteiger partial charge in [0.15, 0.2) is 0 Å². The highest BCUT2D eigenvalue weighted by molar-refractivity contribution is 8.01. The molecule has 2 N–H and O–H groups in total. The molecular formula is C13H15NS2. The van der Waals surface area contributed by atoms with E-state index in [0.717, 1.165) is 0 Å². The highest BCUT2D eigenvalue weighted by atomic mass is 32.2. The van der Waals surface area contributed by atoms with Gasteiger partial charge in [0.25, 0.3) is 0 Å². The molecule has 2 aromatic rings. The first-order valence-corrected chi connectivity index (χ1v) is 7.04. The lowest BCUT2D eigenvalue weighted by Crippen LogP contribution is -2.22. The third-order valence-corrected chi connectivity index (χ3v) is 4.91. The molecule has 0 saturated heterocycles. The number of benzene rings is 1. The molecule has 0 fully saturated rings. The van der Waals surface area contributed by atoms with Gasteiger partial charge in [-0.3, -0.25) is 0 Å². The van der Waals surface area contributed by atoms with E-state index >= 15 is 0 Å². The summed E-state index contributed by atoms with van der Waals surface area (Å²) < 4.78 is 1.33. The van der Waals surface area contributed by atoms with E-state index in [2.05, 4.69) is 48.7 Å². The zero-order chi connectivity index (χ0) is 11.4. The molecule has 0 aliphatic heterocycles. The van der Waals surface area contributed by atoms with E-state index in [9.17, 15) is 0 Å². The van der Waals surface area contributed by atoms with Crippen LogP contribution in [0.2, 0.25) is 0 Å². The molecule has 3 heteroatoms. The maximum Gasteiger partial charge on any atom is 0.0605 e. The van der Waals surface area contributed by atoms with E-state index in [4.69, 9.17) is 5.73 Å². The van der Waals surface area contributed by atoms with Crippen LogP contribution in [-0.4, -0.2) is 6.04 Å². The molecule has 1 aromatic carbocycles. The second-order valence-electron chi connectivity index (χ2n) is 3.74. The van der Waals surface area contributed by atoms with Crippen molar-refractivity contribution in [1.82, 2.24) is 0 Å². The molecule has 2 atom stereocenters. The normalized spacial score (nSPS) is 14.6. The van der Waals surface area contributed by atoms with Crippen molar-refractivity contribution < 1.29 is 0 Å². The summed E-state index contributed by atoms with van der Waals surface area (Å²) in [5, 5.41) is 2.44. The van der Waals surface area contributed by atoms with Gasteiger partial charge >= 0.3 is 0 Å². The molecule has 0 saturated carbocycles. The van der Waals surface area contributed by atoms with Crippen LogP contribution in [0.5, 0.6) is 0 Å². The lowest BCUT2D eigenvalue weighted by molar-refractivity contribution is 0.722. The Hall–Kier alpha value is -0.770. The predicted octanol–water partition coefficient (Wildman–Crippen LogP) is 3.93. The standard InChI is InChI=1S/C13H15NS2/c1-10(14)13(11-6-3-2-4-7-11)16-12-8-5-9-15-12/h2-10,13H,14H2,1H3. The summed E-state index contributed by atoms with van der Waals surface area (Å²) >= 11 is 3.62. The molecule has 84 valence electrons. The molecule has 0 aliphatic rings. The number of hydrogen-bond donors (Lipinski definition) is 1. The molecule has 0 aliphatic carbocycles. The highest BCUT2D eigenvalue weighted by Crippen LogP contribution is 2.39. The number of nitrogens with two attached hydrogens (primary N) is 1. The average molecular weight is 249 g/mol. The quantitative estimate of drug-likeness (QED) is 0.831. The van der Waals surface area contributed by atoms with Gasteiger partial charge in [-0.2, -0.15) is 0 Å². The van der Waals surface area contributed by atoms with Crippen LogP contribution in [0.1, 0.15) is 17.7 Å². The summed E-state index contributed by atoms with van der Waals surface area (Å²) in [6, 6.07) is 14.8. The summed E-state index contributed by atoms with van der Waals surface area (Å²) in [7, 11) is 0. The molecule has 1 nitrogen and oxygen atoms in total. The van der Waals surface area contributed by atoms with Crippen LogP contribution in [0, 0.1) is 0 Å². The smallest absolute Gasteiger partial charge is 0.0605 e. The van der Waals surface area contributed by atoms with E-state index < -0.39 is 0 Å². The molecule has 1 aromatic heterocycles. The molecule has 2 unspecified atom stereocenters. The Kier molecular flexibility index (Phi) is 4.04. The average Bonchev–Trinajstić information content (AvgIpc) is 2.79. The number of thioether (sulfide) groups is 1. The fraction of sp³-hybridized carbons (Fsp3) is 0.231. The lowest BCUT2D eigenvalue weighted by Gasteiger charge is -2.19. The molecule has 0 spiro atoms. The minimum absolute atomic E-state index is 0.148. The van der Waals surface area contributed by atoms with E-state index in [1.165, 1.54) is 9.77 Å². The molecular weight excluding hydrogens is 234 g/mol. The Morgan fingerprint density at radius 1 is 1.12 bits per heavy atom. The van der Waals surface area contributed by atoms with Crippen molar-refractivity contribution in [2.24, 2.45) is 5.73 Å². The minimum atomic E-state index is 0.148. The van der Waals surface area contributed by atoms with E-state index in [0.29, 0.717) is 5.25 Å². The van der Waals surface area contributed by atoms with E-state index in [1.807, 2.05) is 17.8 Å². The summed E-state index contributed by atoms with van der Waals surface area (Å²) in [5.74, 6) is 0. The summed E-state index contributed by atoms with van der Waals surface area (Å²) in [4.78, 5) is 0. The lowest BCUT2D eigenvalue weighted by atomic mass is 10.1. The van der Waals surface area contributed by atoms with Gasteiger partial charge < -0.3 is 5.73 Å². The van der Waals surface area contributed by atoms with Gasteiger partial charge in [0.05, 0.1) is 9.46 Å². The van der Waals surface area contributed by atoms with Crippen molar-refractivity contribution >= 4 is 23.1 Å². The number of thiophene rings is 1. The maximum absolute atomic E-state index is 6.07. The molecule has 16 heavy (non-hydrogen) atoms. The van der Waals surface area contributed by atoms with Crippen molar-refractivity contribution in [1.29, 1.82) is 0 Å². The molecule has 0 amide bonds. The van der Waals surface area contributed by atoms with Crippen LogP contribution in [0.25, 0.3) is 0 Å². The first-order valence-electron chi connectivity index (χ1n) is 5.28. The number of hydrogen-bond acceptors (Lipinski definition) is 3. The second-order valence-corrected chi connectivity index (χ2v) is 6.13. The monoisotopic (exact) mass is 249 g/mol. The van der Waals surface area contributed by atoms with E-state index in [1.54, 1.807) is 11.3 Å². The van der Waals surface area contributed by atoms with Gasteiger partial charge in [-0.1, -0.05) is 36.4 Å². The van der Waals surface area contributed by atoms with E-state index in [-0.39, 0.29) is 6.04 Å². The van der Waals surface area contributed by atoms with Crippen LogP contribution >= 0.6 is 23.1 Å². The molecule has 0 bridgehead atoms. The number of rotatable bonds is 4. The van der Waals surface area contributed by atoms with Crippen LogP contribution in [0.15, 0.2) is 52.1 Å². The van der Waals surface area contributed by atoms with Gasteiger partial charge in [0, 0.05) is 6.04 Å². The third kappa shape index (κ3) is 2.88. The first kappa shape index (κ1) is 11.7. The van der Waals surface area contributed by atoms with Crippen molar-refractivity contribution in [3.05, 3.63) is 53.4 Å². The van der Waals surface area contributed by atoms with Crippen molar-refractivity contribution in [3.8, 4) is 0 Å². The Labute approximate surface area is 105 Å². The van der Waals surface area contributed by atoms with Gasteiger partial charge in [0.1, 0.15) is 0 Å². The fourth-order valence-corrected chi connectivity index (χ4v) is 3.64.